The van der Waals surface area contributed by atoms with Crippen LogP contribution in [0.2, 0.25) is 5.02 Å². The second-order valence-corrected chi connectivity index (χ2v) is 9.91. The van der Waals surface area contributed by atoms with E-state index in [1.807, 2.05) is 61.1 Å². The number of hydrogen-bond donors (Lipinski definition) is 2. The molecule has 1 aromatic carbocycles. The molecule has 2 aliphatic rings. The first-order chi connectivity index (χ1) is 18.5. The average molecular weight is 530 g/mol. The van der Waals surface area contributed by atoms with E-state index in [1.165, 1.54) is 0 Å². The number of nitrogens with zero attached hydrogens (tertiary/aromatic N) is 5. The molecule has 38 heavy (non-hydrogen) atoms. The molecule has 0 aliphatic carbocycles. The Morgan fingerprint density at radius 3 is 2.68 bits per heavy atom. The van der Waals surface area contributed by atoms with Crippen molar-refractivity contribution in [1.82, 2.24) is 19.5 Å². The van der Waals surface area contributed by atoms with Gasteiger partial charge in [-0.1, -0.05) is 23.7 Å². The van der Waals surface area contributed by atoms with Gasteiger partial charge in [-0.15, -0.1) is 0 Å². The highest BCUT2D eigenvalue weighted by molar-refractivity contribution is 6.34. The monoisotopic (exact) mass is 529 g/mol. The van der Waals surface area contributed by atoms with Crippen molar-refractivity contribution in [2.45, 2.75) is 26.7 Å². The van der Waals surface area contributed by atoms with E-state index >= 15 is 0 Å². The van der Waals surface area contributed by atoms with Gasteiger partial charge in [-0.05, 0) is 56.5 Å². The SMILES string of the molecule is Cc1cccc(Cl)c1NC(=O)c1ccn2c1CCc1cnc(Nc3ccc(N4CCOCC4)nc3C)nc1-2. The number of morpholine rings is 1. The molecule has 10 heteroatoms. The van der Waals surface area contributed by atoms with Crippen LogP contribution in [-0.4, -0.2) is 51.7 Å². The fourth-order valence-electron chi connectivity index (χ4n) is 4.96. The van der Waals surface area contributed by atoms with Crippen LogP contribution in [0.4, 0.5) is 23.1 Å². The number of carbonyl (C=O) groups is 1. The summed E-state index contributed by atoms with van der Waals surface area (Å²) in [4.78, 5) is 29.6. The minimum absolute atomic E-state index is 0.187. The Labute approximate surface area is 225 Å². The second kappa shape index (κ2) is 10.1. The molecular formula is C28H28ClN7O2. The number of pyridine rings is 1. The minimum atomic E-state index is -0.187. The zero-order valence-electron chi connectivity index (χ0n) is 21.3. The molecule has 0 spiro atoms. The molecule has 0 radical (unpaired) electrons. The lowest BCUT2D eigenvalue weighted by Crippen LogP contribution is -2.36. The Balaban J connectivity index is 1.24. The summed E-state index contributed by atoms with van der Waals surface area (Å²) in [5, 5.41) is 6.83. The third kappa shape index (κ3) is 4.59. The smallest absolute Gasteiger partial charge is 0.257 e. The third-order valence-electron chi connectivity index (χ3n) is 7.05. The molecule has 4 aromatic rings. The van der Waals surface area contributed by atoms with Crippen molar-refractivity contribution in [3.63, 3.8) is 0 Å². The molecule has 1 amide bonds. The zero-order valence-corrected chi connectivity index (χ0v) is 22.0. The first-order valence-electron chi connectivity index (χ1n) is 12.7. The van der Waals surface area contributed by atoms with Crippen LogP contribution >= 0.6 is 11.6 Å². The average Bonchev–Trinajstić information content (AvgIpc) is 3.37. The molecule has 9 nitrogen and oxygen atoms in total. The van der Waals surface area contributed by atoms with Crippen LogP contribution in [0, 0.1) is 13.8 Å². The number of rotatable bonds is 5. The Kier molecular flexibility index (Phi) is 6.47. The molecule has 3 aromatic heterocycles. The maximum atomic E-state index is 13.2. The molecule has 194 valence electrons. The second-order valence-electron chi connectivity index (χ2n) is 9.50. The Morgan fingerprint density at radius 1 is 1.05 bits per heavy atom. The number of carbonyl (C=O) groups excluding carboxylic acids is 1. The van der Waals surface area contributed by atoms with Gasteiger partial charge in [0.25, 0.3) is 5.91 Å². The first-order valence-corrected chi connectivity index (χ1v) is 13.1. The van der Waals surface area contributed by atoms with Crippen molar-refractivity contribution in [1.29, 1.82) is 0 Å². The highest BCUT2D eigenvalue weighted by atomic mass is 35.5. The van der Waals surface area contributed by atoms with Crippen molar-refractivity contribution in [2.75, 3.05) is 41.8 Å². The standard InChI is InChI=1S/C28H28ClN7O2/c1-17-4-3-5-21(29)25(17)33-27(37)20-10-11-36-23(20)8-6-19-16-30-28(34-26(19)36)32-22-7-9-24(31-18(22)2)35-12-14-38-15-13-35/h3-5,7,9-11,16H,6,8,12-15H2,1-2H3,(H,33,37)(H,30,32,34). The number of anilines is 4. The van der Waals surface area contributed by atoms with Crippen LogP contribution < -0.4 is 15.5 Å². The van der Waals surface area contributed by atoms with E-state index in [-0.39, 0.29) is 5.91 Å². The highest BCUT2D eigenvalue weighted by Gasteiger charge is 2.24. The van der Waals surface area contributed by atoms with Crippen molar-refractivity contribution in [2.24, 2.45) is 0 Å². The summed E-state index contributed by atoms with van der Waals surface area (Å²) in [6, 6.07) is 11.4. The Bertz CT molecular complexity index is 1510. The van der Waals surface area contributed by atoms with Crippen LogP contribution in [0.3, 0.4) is 0 Å². The third-order valence-corrected chi connectivity index (χ3v) is 7.37. The number of hydrogen-bond acceptors (Lipinski definition) is 7. The topological polar surface area (TPSA) is 97.2 Å². The van der Waals surface area contributed by atoms with E-state index in [0.29, 0.717) is 41.9 Å². The van der Waals surface area contributed by atoms with Crippen molar-refractivity contribution >= 4 is 40.6 Å². The van der Waals surface area contributed by atoms with E-state index in [4.69, 9.17) is 26.3 Å². The molecule has 5 heterocycles. The summed E-state index contributed by atoms with van der Waals surface area (Å²) >= 11 is 6.33. The Morgan fingerprint density at radius 2 is 1.89 bits per heavy atom. The van der Waals surface area contributed by atoms with E-state index in [9.17, 15) is 4.79 Å². The maximum absolute atomic E-state index is 13.2. The fraction of sp³-hybridized carbons (Fsp3) is 0.286. The number of aryl methyl sites for hydroxylation is 3. The van der Waals surface area contributed by atoms with Gasteiger partial charge in [0.1, 0.15) is 11.6 Å². The van der Waals surface area contributed by atoms with Gasteiger partial charge >= 0.3 is 0 Å². The van der Waals surface area contributed by atoms with Crippen molar-refractivity contribution in [3.05, 3.63) is 81.9 Å². The minimum Gasteiger partial charge on any atom is -0.378 e. The predicted molar refractivity (Wildman–Crippen MR) is 148 cm³/mol. The normalized spacial score (nSPS) is 14.6. The summed E-state index contributed by atoms with van der Waals surface area (Å²) in [7, 11) is 0. The summed E-state index contributed by atoms with van der Waals surface area (Å²) in [6.45, 7) is 7.00. The lowest BCUT2D eigenvalue weighted by atomic mass is 10.0. The zero-order chi connectivity index (χ0) is 26.2. The van der Waals surface area contributed by atoms with Crippen LogP contribution in [0.25, 0.3) is 5.82 Å². The molecule has 0 atom stereocenters. The lowest BCUT2D eigenvalue weighted by molar-refractivity contribution is 0.102. The number of aromatic nitrogens is 4. The molecule has 2 aliphatic heterocycles. The van der Waals surface area contributed by atoms with E-state index in [0.717, 1.165) is 59.3 Å². The van der Waals surface area contributed by atoms with Gasteiger partial charge in [0, 0.05) is 36.7 Å². The predicted octanol–water partition coefficient (Wildman–Crippen LogP) is 4.86. The number of amides is 1. The van der Waals surface area contributed by atoms with Gasteiger partial charge in [0.05, 0.1) is 40.9 Å². The molecule has 0 saturated carbocycles. The molecule has 2 N–H and O–H groups in total. The highest BCUT2D eigenvalue weighted by Crippen LogP contribution is 2.30. The fourth-order valence-corrected chi connectivity index (χ4v) is 5.23. The molecule has 6 rings (SSSR count). The number of nitrogens with one attached hydrogen (secondary N) is 2. The van der Waals surface area contributed by atoms with Crippen LogP contribution in [-0.2, 0) is 17.6 Å². The van der Waals surface area contributed by atoms with Crippen LogP contribution in [0.1, 0.15) is 32.9 Å². The molecule has 1 saturated heterocycles. The molecule has 0 unspecified atom stereocenters. The van der Waals surface area contributed by atoms with Crippen LogP contribution in [0.15, 0.2) is 48.8 Å². The number of benzene rings is 1. The molecule has 0 bridgehead atoms. The number of fused-ring (bicyclic) bond motifs is 3. The largest absolute Gasteiger partial charge is 0.378 e. The quantitative estimate of drug-likeness (QED) is 0.381. The van der Waals surface area contributed by atoms with Gasteiger partial charge in [-0.3, -0.25) is 4.79 Å². The van der Waals surface area contributed by atoms with Gasteiger partial charge in [-0.2, -0.15) is 4.98 Å². The van der Waals surface area contributed by atoms with Gasteiger partial charge < -0.3 is 24.8 Å². The summed E-state index contributed by atoms with van der Waals surface area (Å²) in [6.07, 6.45) is 5.21. The lowest BCUT2D eigenvalue weighted by Gasteiger charge is -2.28. The number of halogens is 1. The maximum Gasteiger partial charge on any atom is 0.257 e. The summed E-state index contributed by atoms with van der Waals surface area (Å²) in [5.74, 6) is 2.00. The van der Waals surface area contributed by atoms with Crippen molar-refractivity contribution in [3.8, 4) is 5.82 Å². The van der Waals surface area contributed by atoms with Gasteiger partial charge in [-0.25, -0.2) is 9.97 Å². The molecular weight excluding hydrogens is 502 g/mol. The Hall–Kier alpha value is -3.95. The molecule has 1 fully saturated rings. The van der Waals surface area contributed by atoms with E-state index < -0.39 is 0 Å². The summed E-state index contributed by atoms with van der Waals surface area (Å²) < 4.78 is 7.43. The van der Waals surface area contributed by atoms with Gasteiger partial charge in [0.15, 0.2) is 0 Å². The van der Waals surface area contributed by atoms with Gasteiger partial charge in [0.2, 0.25) is 5.95 Å². The van der Waals surface area contributed by atoms with Crippen molar-refractivity contribution < 1.29 is 9.53 Å². The number of para-hydroxylation sites is 1. The van der Waals surface area contributed by atoms with E-state index in [1.54, 1.807) is 6.07 Å². The van der Waals surface area contributed by atoms with E-state index in [2.05, 4.69) is 20.5 Å². The van der Waals surface area contributed by atoms with Crippen LogP contribution in [0.5, 0.6) is 0 Å². The number of ether oxygens (including phenoxy) is 1. The summed E-state index contributed by atoms with van der Waals surface area (Å²) in [5.41, 5.74) is 5.82. The first kappa shape index (κ1) is 24.4.